The van der Waals surface area contributed by atoms with Gasteiger partial charge in [-0.1, -0.05) is 0 Å². The molecule has 1 N–H and O–H groups in total. The standard InChI is InChI=1S/C21H16F9N7O2/c1-10(2)39-17(38)13(12-5-31-18(32-6-12)33-8-19(22,23)24)7-37-9-34-16(36-37)11-3-14(20(25,26)27)35-15(4-11)21(28,29)30/h3-7,9-10H,8H2,1-2H3,(H,31,32,33)/b13-7+. The first-order valence-electron chi connectivity index (χ1n) is 10.6. The van der Waals surface area contributed by atoms with Crippen molar-refractivity contribution in [3.05, 3.63) is 47.8 Å². The maximum atomic E-state index is 13.1. The molecule has 210 valence electrons. The van der Waals surface area contributed by atoms with Crippen LogP contribution in [0.2, 0.25) is 0 Å². The van der Waals surface area contributed by atoms with Crippen LogP contribution in [0.25, 0.3) is 23.2 Å². The fourth-order valence-electron chi connectivity index (χ4n) is 2.81. The normalized spacial score (nSPS) is 13.1. The molecule has 0 radical (unpaired) electrons. The quantitative estimate of drug-likeness (QED) is 0.238. The number of aromatic nitrogens is 6. The van der Waals surface area contributed by atoms with Gasteiger partial charge in [0.15, 0.2) is 5.82 Å². The van der Waals surface area contributed by atoms with E-state index in [0.29, 0.717) is 12.1 Å². The van der Waals surface area contributed by atoms with E-state index in [-0.39, 0.29) is 11.1 Å². The fourth-order valence-corrected chi connectivity index (χ4v) is 2.81. The lowest BCUT2D eigenvalue weighted by Gasteiger charge is -2.12. The van der Waals surface area contributed by atoms with Crippen molar-refractivity contribution in [3.8, 4) is 11.4 Å². The zero-order valence-corrected chi connectivity index (χ0v) is 19.7. The number of pyridine rings is 1. The summed E-state index contributed by atoms with van der Waals surface area (Å²) in [6.45, 7) is 1.61. The Morgan fingerprint density at radius 3 is 2.03 bits per heavy atom. The molecule has 0 saturated heterocycles. The molecule has 0 aliphatic heterocycles. The van der Waals surface area contributed by atoms with E-state index in [2.05, 4.69) is 25.0 Å². The molecule has 0 saturated carbocycles. The lowest BCUT2D eigenvalue weighted by Crippen LogP contribution is -2.22. The van der Waals surface area contributed by atoms with Gasteiger partial charge in [0, 0.05) is 29.7 Å². The van der Waals surface area contributed by atoms with Crippen LogP contribution in [0, 0.1) is 0 Å². The maximum Gasteiger partial charge on any atom is 0.433 e. The molecule has 3 aromatic heterocycles. The van der Waals surface area contributed by atoms with Gasteiger partial charge in [0.2, 0.25) is 5.95 Å². The minimum absolute atomic E-state index is 0.0575. The van der Waals surface area contributed by atoms with Crippen molar-refractivity contribution in [2.24, 2.45) is 0 Å². The van der Waals surface area contributed by atoms with Crippen LogP contribution in [-0.4, -0.2) is 54.5 Å². The van der Waals surface area contributed by atoms with Crippen molar-refractivity contribution in [1.29, 1.82) is 0 Å². The third-order valence-corrected chi connectivity index (χ3v) is 4.41. The fraction of sp³-hybridized carbons (Fsp3) is 0.333. The molecule has 0 fully saturated rings. The molecular formula is C21H16F9N7O2. The van der Waals surface area contributed by atoms with Crippen LogP contribution in [0.15, 0.2) is 30.9 Å². The summed E-state index contributed by atoms with van der Waals surface area (Å²) in [6.07, 6.45) is -11.7. The molecule has 0 aromatic carbocycles. The second-order valence-electron chi connectivity index (χ2n) is 7.93. The Bertz CT molecular complexity index is 1310. The van der Waals surface area contributed by atoms with Crippen LogP contribution >= 0.6 is 0 Å². The third kappa shape index (κ3) is 8.11. The van der Waals surface area contributed by atoms with Crippen molar-refractivity contribution in [2.75, 3.05) is 11.9 Å². The van der Waals surface area contributed by atoms with Gasteiger partial charge in [-0.25, -0.2) is 29.4 Å². The number of hydrogen-bond acceptors (Lipinski definition) is 8. The van der Waals surface area contributed by atoms with Gasteiger partial charge in [0.05, 0.1) is 11.7 Å². The van der Waals surface area contributed by atoms with Crippen molar-refractivity contribution < 1.29 is 49.0 Å². The Hall–Kier alpha value is -4.25. The van der Waals surface area contributed by atoms with Crippen molar-refractivity contribution in [3.63, 3.8) is 0 Å². The summed E-state index contributed by atoms with van der Waals surface area (Å²) in [5, 5.41) is 5.75. The Balaban J connectivity index is 2.00. The van der Waals surface area contributed by atoms with Gasteiger partial charge in [-0.15, -0.1) is 5.10 Å². The summed E-state index contributed by atoms with van der Waals surface area (Å²) >= 11 is 0. The number of halogens is 9. The number of rotatable bonds is 7. The maximum absolute atomic E-state index is 13.1. The number of ether oxygens (including phenoxy) is 1. The molecule has 3 rings (SSSR count). The first-order chi connectivity index (χ1) is 17.9. The highest BCUT2D eigenvalue weighted by Gasteiger charge is 2.39. The summed E-state index contributed by atoms with van der Waals surface area (Å²) in [4.78, 5) is 26.4. The van der Waals surface area contributed by atoms with E-state index in [4.69, 9.17) is 4.74 Å². The minimum atomic E-state index is -5.20. The molecule has 3 aromatic rings. The summed E-state index contributed by atoms with van der Waals surface area (Å²) in [7, 11) is 0. The highest BCUT2D eigenvalue weighted by Crippen LogP contribution is 2.35. The smallest absolute Gasteiger partial charge is 0.433 e. The number of nitrogens with one attached hydrogen (secondary N) is 1. The van der Waals surface area contributed by atoms with Crippen molar-refractivity contribution >= 4 is 23.7 Å². The molecule has 3 heterocycles. The number of carbonyl (C=O) groups excluding carboxylic acids is 1. The molecule has 0 aliphatic rings. The topological polar surface area (TPSA) is 108 Å². The van der Waals surface area contributed by atoms with Gasteiger partial charge in [-0.3, -0.25) is 0 Å². The zero-order valence-electron chi connectivity index (χ0n) is 19.7. The predicted octanol–water partition coefficient (Wildman–Crippen LogP) is 5.09. The summed E-state index contributed by atoms with van der Waals surface area (Å²) in [5.41, 5.74) is -4.66. The van der Waals surface area contributed by atoms with Crippen LogP contribution in [0.4, 0.5) is 45.5 Å². The van der Waals surface area contributed by atoms with Crippen molar-refractivity contribution in [2.45, 2.75) is 38.5 Å². The number of nitrogens with zero attached hydrogens (tertiary/aromatic N) is 6. The third-order valence-electron chi connectivity index (χ3n) is 4.41. The number of esters is 1. The molecule has 0 bridgehead atoms. The molecule has 0 atom stereocenters. The minimum Gasteiger partial charge on any atom is -0.459 e. The van der Waals surface area contributed by atoms with E-state index in [1.807, 2.05) is 5.32 Å². The summed E-state index contributed by atoms with van der Waals surface area (Å²) in [5.74, 6) is -1.94. The molecule has 0 aliphatic carbocycles. The van der Waals surface area contributed by atoms with Gasteiger partial charge < -0.3 is 10.1 Å². The lowest BCUT2D eigenvalue weighted by molar-refractivity contribution is -0.150. The second kappa shape index (κ2) is 10.9. The highest BCUT2D eigenvalue weighted by molar-refractivity contribution is 6.20. The molecule has 18 heteroatoms. The Labute approximate surface area is 212 Å². The van der Waals surface area contributed by atoms with Gasteiger partial charge >= 0.3 is 24.5 Å². The lowest BCUT2D eigenvalue weighted by atomic mass is 10.1. The average molecular weight is 569 g/mol. The van der Waals surface area contributed by atoms with Gasteiger partial charge in [0.25, 0.3) is 0 Å². The van der Waals surface area contributed by atoms with E-state index < -0.39 is 65.9 Å². The predicted molar refractivity (Wildman–Crippen MR) is 115 cm³/mol. The Morgan fingerprint density at radius 1 is 0.974 bits per heavy atom. The molecule has 39 heavy (non-hydrogen) atoms. The highest BCUT2D eigenvalue weighted by atomic mass is 19.4. The number of alkyl halides is 9. The SMILES string of the molecule is CC(C)OC(=O)/C(=C/n1cnc(-c2cc(C(F)(F)F)nc(C(F)(F)F)c2)n1)c1cnc(NCC(F)(F)F)nc1. The van der Waals surface area contributed by atoms with Crippen LogP contribution in [0.3, 0.4) is 0 Å². The zero-order chi connectivity index (χ0) is 29.2. The molecule has 0 unspecified atom stereocenters. The number of hydrogen-bond donors (Lipinski definition) is 1. The number of carbonyl (C=O) groups is 1. The van der Waals surface area contributed by atoms with Crippen LogP contribution in [0.5, 0.6) is 0 Å². The summed E-state index contributed by atoms with van der Waals surface area (Å²) in [6, 6.07) is 0.653. The molecular weight excluding hydrogens is 553 g/mol. The van der Waals surface area contributed by atoms with Gasteiger partial charge in [-0.05, 0) is 26.0 Å². The number of anilines is 1. The first kappa shape index (κ1) is 29.3. The Kier molecular flexibility index (Phi) is 8.16. The molecule has 0 spiro atoms. The van der Waals surface area contributed by atoms with Gasteiger partial charge in [0.1, 0.15) is 24.3 Å². The monoisotopic (exact) mass is 569 g/mol. The van der Waals surface area contributed by atoms with Crippen molar-refractivity contribution in [1.82, 2.24) is 29.7 Å². The Morgan fingerprint density at radius 2 is 1.54 bits per heavy atom. The van der Waals surface area contributed by atoms with E-state index in [1.165, 1.54) is 13.8 Å². The first-order valence-corrected chi connectivity index (χ1v) is 10.6. The van der Waals surface area contributed by atoms with E-state index in [1.54, 1.807) is 0 Å². The van der Waals surface area contributed by atoms with Crippen LogP contribution in [-0.2, 0) is 21.9 Å². The molecule has 0 amide bonds. The van der Waals surface area contributed by atoms with Gasteiger partial charge in [-0.2, -0.15) is 39.5 Å². The second-order valence-corrected chi connectivity index (χ2v) is 7.93. The molecule has 9 nitrogen and oxygen atoms in total. The average Bonchev–Trinajstić information content (AvgIpc) is 3.28. The summed E-state index contributed by atoms with van der Waals surface area (Å²) < 4.78 is 122. The van der Waals surface area contributed by atoms with E-state index >= 15 is 0 Å². The van der Waals surface area contributed by atoms with Crippen LogP contribution in [0.1, 0.15) is 30.8 Å². The van der Waals surface area contributed by atoms with E-state index in [0.717, 1.165) is 29.6 Å². The largest absolute Gasteiger partial charge is 0.459 e. The van der Waals surface area contributed by atoms with Crippen LogP contribution < -0.4 is 5.32 Å². The van der Waals surface area contributed by atoms with E-state index in [9.17, 15) is 44.3 Å².